The van der Waals surface area contributed by atoms with Crippen LogP contribution in [0.5, 0.6) is 0 Å². The third kappa shape index (κ3) is 7.32. The Hall–Kier alpha value is -1.86. The van der Waals surface area contributed by atoms with Gasteiger partial charge in [0.1, 0.15) is 6.23 Å². The number of amides is 2. The van der Waals surface area contributed by atoms with E-state index in [1.54, 1.807) is 0 Å². The molecule has 2 amide bonds. The van der Waals surface area contributed by atoms with Crippen LogP contribution in [0.4, 0.5) is 0 Å². The topological polar surface area (TPSA) is 159 Å². The first-order valence-electron chi connectivity index (χ1n) is 13.4. The van der Waals surface area contributed by atoms with E-state index in [1.807, 2.05) is 0 Å². The highest BCUT2D eigenvalue weighted by Crippen LogP contribution is 2.33. The summed E-state index contributed by atoms with van der Waals surface area (Å²) in [5.74, 6) is 0.767. The van der Waals surface area contributed by atoms with Gasteiger partial charge in [-0.2, -0.15) is 5.48 Å². The molecule has 35 heavy (non-hydrogen) atoms. The molecule has 0 bridgehead atoms. The number of hydrazine groups is 1. The van der Waals surface area contributed by atoms with Crippen LogP contribution in [-0.2, 0) is 14.4 Å². The molecule has 12 heteroatoms. The highest BCUT2D eigenvalue weighted by Gasteiger charge is 2.40. The van der Waals surface area contributed by atoms with Crippen LogP contribution in [0.25, 0.3) is 0 Å². The minimum atomic E-state index is -0.459. The normalized spacial score (nSPS) is 35.2. The first kappa shape index (κ1) is 26.2. The zero-order chi connectivity index (χ0) is 24.6. The Morgan fingerprint density at radius 3 is 2.83 bits per heavy atom. The van der Waals surface area contributed by atoms with Crippen molar-refractivity contribution in [2.24, 2.45) is 17.8 Å². The number of hydrogen-bond acceptors (Lipinski definition) is 9. The van der Waals surface area contributed by atoms with Crippen molar-refractivity contribution in [2.75, 3.05) is 13.1 Å². The van der Waals surface area contributed by atoms with Crippen molar-refractivity contribution in [3.8, 4) is 0 Å². The Morgan fingerprint density at radius 1 is 1.11 bits per heavy atom. The second-order valence-corrected chi connectivity index (χ2v) is 10.5. The molecule has 0 aromatic rings. The van der Waals surface area contributed by atoms with Gasteiger partial charge in [0, 0.05) is 42.6 Å². The van der Waals surface area contributed by atoms with E-state index < -0.39 is 6.04 Å². The third-order valence-electron chi connectivity index (χ3n) is 8.00. The maximum atomic E-state index is 12.2. The fourth-order valence-corrected chi connectivity index (χ4v) is 6.04. The molecule has 2 saturated carbocycles. The van der Waals surface area contributed by atoms with Gasteiger partial charge in [-0.25, -0.2) is 5.43 Å². The molecule has 2 heterocycles. The summed E-state index contributed by atoms with van der Waals surface area (Å²) in [6.45, 7) is 1.38. The maximum absolute atomic E-state index is 12.2. The second-order valence-electron chi connectivity index (χ2n) is 10.5. The van der Waals surface area contributed by atoms with Crippen LogP contribution in [-0.4, -0.2) is 54.4 Å². The summed E-state index contributed by atoms with van der Waals surface area (Å²) in [4.78, 5) is 40.8. The molecule has 7 unspecified atom stereocenters. The van der Waals surface area contributed by atoms with E-state index in [4.69, 9.17) is 4.84 Å². The van der Waals surface area contributed by atoms with E-state index in [-0.39, 0.29) is 47.1 Å². The number of carbonyl (C=O) groups excluding carboxylic acids is 2. The predicted molar refractivity (Wildman–Crippen MR) is 128 cm³/mol. The minimum absolute atomic E-state index is 0.0315. The van der Waals surface area contributed by atoms with Crippen LogP contribution in [0, 0.1) is 27.9 Å². The van der Waals surface area contributed by atoms with Crippen molar-refractivity contribution >= 4 is 11.8 Å². The Bertz CT molecular complexity index is 741. The number of rotatable bonds is 11. The Balaban J connectivity index is 1.03. The van der Waals surface area contributed by atoms with Crippen LogP contribution in [0.2, 0.25) is 0 Å². The number of hydroxylamine groups is 1. The molecule has 0 spiro atoms. The number of nitrogens with zero attached hydrogens (tertiary/aromatic N) is 1. The summed E-state index contributed by atoms with van der Waals surface area (Å²) in [5, 5.41) is 20.9. The van der Waals surface area contributed by atoms with E-state index in [1.165, 1.54) is 6.42 Å². The number of carbonyl (C=O) groups is 2. The van der Waals surface area contributed by atoms with Crippen LogP contribution < -0.4 is 32.3 Å². The van der Waals surface area contributed by atoms with E-state index in [9.17, 15) is 19.7 Å². The quantitative estimate of drug-likeness (QED) is 0.137. The molecule has 0 aromatic heterocycles. The van der Waals surface area contributed by atoms with Gasteiger partial charge in [0.05, 0.1) is 12.3 Å². The molecule has 0 radical (unpaired) electrons. The molecule has 0 aromatic carbocycles. The Labute approximate surface area is 206 Å². The highest BCUT2D eigenvalue weighted by atomic mass is 16.7. The third-order valence-corrected chi connectivity index (χ3v) is 8.00. The standard InChI is InChI=1S/C23H41N7O5/c31-19(24-12-5-13-25-22-17-8-1-2-9-18(17)23(32)28-27-22)10-4-11-20-26-21(29-35-20)15-6-3-7-16(14-15)30(33)34/h15-18,20-22,25-27,29H,1-14H2,(H,24,31)(H,28,32). The lowest BCUT2D eigenvalue weighted by atomic mass is 9.76. The van der Waals surface area contributed by atoms with E-state index in [0.717, 1.165) is 45.1 Å². The number of nitro groups is 1. The molecule has 4 rings (SSSR count). The molecule has 2 aliphatic carbocycles. The van der Waals surface area contributed by atoms with Crippen LogP contribution >= 0.6 is 0 Å². The summed E-state index contributed by atoms with van der Waals surface area (Å²) in [6.07, 6.45) is 9.86. The van der Waals surface area contributed by atoms with Crippen molar-refractivity contribution in [1.82, 2.24) is 32.3 Å². The number of hydrogen-bond donors (Lipinski definition) is 6. The van der Waals surface area contributed by atoms with E-state index in [0.29, 0.717) is 44.6 Å². The molecular formula is C23H41N7O5. The maximum Gasteiger partial charge on any atom is 0.237 e. The molecule has 12 nitrogen and oxygen atoms in total. The SMILES string of the molecule is O=C(CCCC1NC(C2CCCC([N+](=O)[O-])C2)NO1)NCCCNC1NNC(=O)C2CCCCC12. The van der Waals surface area contributed by atoms with Crippen LogP contribution in [0.15, 0.2) is 0 Å². The highest BCUT2D eigenvalue weighted by molar-refractivity contribution is 5.79. The fraction of sp³-hybridized carbons (Fsp3) is 0.913. The first-order valence-corrected chi connectivity index (χ1v) is 13.4. The summed E-state index contributed by atoms with van der Waals surface area (Å²) in [7, 11) is 0. The summed E-state index contributed by atoms with van der Waals surface area (Å²) in [6, 6.07) is -0.459. The summed E-state index contributed by atoms with van der Waals surface area (Å²) in [5.41, 5.74) is 8.90. The average Bonchev–Trinajstić information content (AvgIpc) is 3.34. The molecule has 2 saturated heterocycles. The smallest absolute Gasteiger partial charge is 0.237 e. The van der Waals surface area contributed by atoms with Crippen molar-refractivity contribution in [2.45, 2.75) is 102 Å². The van der Waals surface area contributed by atoms with Crippen molar-refractivity contribution < 1.29 is 19.3 Å². The van der Waals surface area contributed by atoms with Gasteiger partial charge in [0.15, 0.2) is 0 Å². The second kappa shape index (κ2) is 12.9. The zero-order valence-electron chi connectivity index (χ0n) is 20.4. The van der Waals surface area contributed by atoms with Crippen LogP contribution in [0.1, 0.15) is 77.0 Å². The lowest BCUT2D eigenvalue weighted by Crippen LogP contribution is -2.64. The molecule has 198 valence electrons. The lowest BCUT2D eigenvalue weighted by molar-refractivity contribution is -0.528. The fourth-order valence-electron chi connectivity index (χ4n) is 6.04. The van der Waals surface area contributed by atoms with Gasteiger partial charge in [0.25, 0.3) is 0 Å². The van der Waals surface area contributed by atoms with Gasteiger partial charge < -0.3 is 10.6 Å². The first-order chi connectivity index (χ1) is 17.0. The van der Waals surface area contributed by atoms with Crippen molar-refractivity contribution in [3.05, 3.63) is 10.1 Å². The largest absolute Gasteiger partial charge is 0.356 e. The van der Waals surface area contributed by atoms with Gasteiger partial charge in [-0.3, -0.25) is 35.3 Å². The number of nitrogens with one attached hydrogen (secondary N) is 6. The molecule has 4 aliphatic rings. The molecule has 7 atom stereocenters. The van der Waals surface area contributed by atoms with Gasteiger partial charge in [-0.1, -0.05) is 12.8 Å². The monoisotopic (exact) mass is 495 g/mol. The predicted octanol–water partition coefficient (Wildman–Crippen LogP) is 0.632. The van der Waals surface area contributed by atoms with Gasteiger partial charge >= 0.3 is 0 Å². The lowest BCUT2D eigenvalue weighted by Gasteiger charge is -2.41. The molecular weight excluding hydrogens is 454 g/mol. The minimum Gasteiger partial charge on any atom is -0.356 e. The van der Waals surface area contributed by atoms with Crippen molar-refractivity contribution in [1.29, 1.82) is 0 Å². The number of fused-ring (bicyclic) bond motifs is 1. The summed E-state index contributed by atoms with van der Waals surface area (Å²) < 4.78 is 0. The van der Waals surface area contributed by atoms with Gasteiger partial charge in [0.2, 0.25) is 17.9 Å². The Kier molecular flexibility index (Phi) is 9.67. The van der Waals surface area contributed by atoms with Gasteiger partial charge in [-0.15, -0.1) is 0 Å². The molecule has 6 N–H and O–H groups in total. The molecule has 4 fully saturated rings. The van der Waals surface area contributed by atoms with E-state index >= 15 is 0 Å². The van der Waals surface area contributed by atoms with Crippen molar-refractivity contribution in [3.63, 3.8) is 0 Å². The van der Waals surface area contributed by atoms with E-state index in [2.05, 4.69) is 32.3 Å². The van der Waals surface area contributed by atoms with Crippen LogP contribution in [0.3, 0.4) is 0 Å². The zero-order valence-corrected chi connectivity index (χ0v) is 20.4. The Morgan fingerprint density at radius 2 is 1.97 bits per heavy atom. The average molecular weight is 496 g/mol. The summed E-state index contributed by atoms with van der Waals surface area (Å²) >= 11 is 0. The molecule has 2 aliphatic heterocycles. The van der Waals surface area contributed by atoms with Gasteiger partial charge in [-0.05, 0) is 57.4 Å².